The van der Waals surface area contributed by atoms with Gasteiger partial charge in [-0.1, -0.05) is 26.0 Å². The van der Waals surface area contributed by atoms with Gasteiger partial charge < -0.3 is 9.69 Å². The number of hydrogen-bond acceptors (Lipinski definition) is 2. The van der Waals surface area contributed by atoms with Crippen LogP contribution in [0.3, 0.4) is 0 Å². The van der Waals surface area contributed by atoms with E-state index < -0.39 is 0 Å². The standard InChI is InChI=1S/C15H22FNO/c1-4-15(5-2,12-18)11-17(3)10-13-7-6-8-14(16)9-13/h6-9,12H,4-5,10-11H2,1-3H3. The molecule has 0 aromatic heterocycles. The van der Waals surface area contributed by atoms with Crippen LogP contribution < -0.4 is 0 Å². The Hall–Kier alpha value is -1.22. The Balaban J connectivity index is 2.66. The van der Waals surface area contributed by atoms with Crippen LogP contribution in [0.1, 0.15) is 32.3 Å². The van der Waals surface area contributed by atoms with E-state index in [0.717, 1.165) is 24.7 Å². The number of nitrogens with zero attached hydrogens (tertiary/aromatic N) is 1. The minimum atomic E-state index is -0.276. The maximum Gasteiger partial charge on any atom is 0.127 e. The highest BCUT2D eigenvalue weighted by Crippen LogP contribution is 2.25. The summed E-state index contributed by atoms with van der Waals surface area (Å²) in [5.41, 5.74) is 0.659. The highest BCUT2D eigenvalue weighted by Gasteiger charge is 2.26. The predicted molar refractivity (Wildman–Crippen MR) is 71.8 cm³/mol. The second-order valence-corrected chi connectivity index (χ2v) is 4.99. The van der Waals surface area contributed by atoms with Gasteiger partial charge in [0.1, 0.15) is 12.1 Å². The van der Waals surface area contributed by atoms with Crippen molar-refractivity contribution in [2.45, 2.75) is 33.2 Å². The quantitative estimate of drug-likeness (QED) is 0.693. The van der Waals surface area contributed by atoms with E-state index in [1.807, 2.05) is 27.0 Å². The predicted octanol–water partition coefficient (Wildman–Crippen LogP) is 3.26. The van der Waals surface area contributed by atoms with E-state index in [0.29, 0.717) is 13.1 Å². The normalized spacial score (nSPS) is 11.8. The van der Waals surface area contributed by atoms with Crippen molar-refractivity contribution in [3.05, 3.63) is 35.6 Å². The second kappa shape index (κ2) is 6.64. The zero-order valence-corrected chi connectivity index (χ0v) is 11.4. The minimum absolute atomic E-state index is 0.214. The van der Waals surface area contributed by atoms with E-state index in [1.165, 1.54) is 12.1 Å². The summed E-state index contributed by atoms with van der Waals surface area (Å²) in [4.78, 5) is 13.3. The fraction of sp³-hybridized carbons (Fsp3) is 0.533. The van der Waals surface area contributed by atoms with Gasteiger partial charge in [-0.05, 0) is 37.6 Å². The largest absolute Gasteiger partial charge is 0.303 e. The Morgan fingerprint density at radius 2 is 2.00 bits per heavy atom. The van der Waals surface area contributed by atoms with Gasteiger partial charge in [-0.3, -0.25) is 0 Å². The molecular formula is C15H22FNO. The minimum Gasteiger partial charge on any atom is -0.303 e. The summed E-state index contributed by atoms with van der Waals surface area (Å²) in [6.45, 7) is 5.44. The summed E-state index contributed by atoms with van der Waals surface area (Å²) in [7, 11) is 1.97. The average Bonchev–Trinajstić information content (AvgIpc) is 2.36. The zero-order chi connectivity index (χ0) is 13.6. The molecule has 1 rings (SSSR count). The number of carbonyl (C=O) groups is 1. The molecule has 0 aliphatic heterocycles. The van der Waals surface area contributed by atoms with Crippen molar-refractivity contribution in [2.75, 3.05) is 13.6 Å². The fourth-order valence-electron chi connectivity index (χ4n) is 2.22. The van der Waals surface area contributed by atoms with Crippen molar-refractivity contribution in [3.8, 4) is 0 Å². The van der Waals surface area contributed by atoms with Crippen molar-refractivity contribution in [2.24, 2.45) is 5.41 Å². The van der Waals surface area contributed by atoms with E-state index in [2.05, 4.69) is 4.90 Å². The van der Waals surface area contributed by atoms with Crippen LogP contribution in [-0.2, 0) is 11.3 Å². The summed E-state index contributed by atoms with van der Waals surface area (Å²) in [6, 6.07) is 6.60. The Morgan fingerprint density at radius 1 is 1.33 bits per heavy atom. The molecular weight excluding hydrogens is 229 g/mol. The lowest BCUT2D eigenvalue weighted by Crippen LogP contribution is -2.35. The van der Waals surface area contributed by atoms with Crippen molar-refractivity contribution in [1.29, 1.82) is 0 Å². The van der Waals surface area contributed by atoms with Crippen LogP contribution in [0.2, 0.25) is 0 Å². The molecule has 0 N–H and O–H groups in total. The third-order valence-electron chi connectivity index (χ3n) is 3.58. The van der Waals surface area contributed by atoms with Crippen molar-refractivity contribution in [1.82, 2.24) is 4.90 Å². The van der Waals surface area contributed by atoms with Gasteiger partial charge in [0.2, 0.25) is 0 Å². The molecule has 0 aliphatic carbocycles. The first-order valence-electron chi connectivity index (χ1n) is 6.44. The molecule has 0 spiro atoms. The first kappa shape index (κ1) is 14.8. The Labute approximate surface area is 109 Å². The molecule has 0 aliphatic rings. The van der Waals surface area contributed by atoms with Gasteiger partial charge in [0, 0.05) is 18.5 Å². The van der Waals surface area contributed by atoms with Crippen LogP contribution in [0.5, 0.6) is 0 Å². The molecule has 0 saturated carbocycles. The number of aldehydes is 1. The summed E-state index contributed by atoms with van der Waals surface area (Å²) in [5, 5.41) is 0. The lowest BCUT2D eigenvalue weighted by Gasteiger charge is -2.30. The highest BCUT2D eigenvalue weighted by atomic mass is 19.1. The topological polar surface area (TPSA) is 20.3 Å². The van der Waals surface area contributed by atoms with E-state index in [1.54, 1.807) is 6.07 Å². The van der Waals surface area contributed by atoms with Crippen LogP contribution >= 0.6 is 0 Å². The molecule has 0 saturated heterocycles. The first-order valence-corrected chi connectivity index (χ1v) is 6.44. The molecule has 18 heavy (non-hydrogen) atoms. The SMILES string of the molecule is CCC(C=O)(CC)CN(C)Cc1cccc(F)c1. The molecule has 0 fully saturated rings. The Morgan fingerprint density at radius 3 is 2.50 bits per heavy atom. The second-order valence-electron chi connectivity index (χ2n) is 4.99. The van der Waals surface area contributed by atoms with Gasteiger partial charge in [0.25, 0.3) is 0 Å². The van der Waals surface area contributed by atoms with Gasteiger partial charge in [0.05, 0.1) is 0 Å². The van der Waals surface area contributed by atoms with Crippen LogP contribution in [0.4, 0.5) is 4.39 Å². The van der Waals surface area contributed by atoms with E-state index >= 15 is 0 Å². The summed E-state index contributed by atoms with van der Waals surface area (Å²) in [6.07, 6.45) is 2.73. The van der Waals surface area contributed by atoms with Crippen LogP contribution in [0.25, 0.3) is 0 Å². The number of hydrogen-bond donors (Lipinski definition) is 0. The molecule has 1 aromatic rings. The molecule has 3 heteroatoms. The van der Waals surface area contributed by atoms with Crippen LogP contribution in [0, 0.1) is 11.2 Å². The molecule has 0 radical (unpaired) electrons. The van der Waals surface area contributed by atoms with Crippen LogP contribution in [0.15, 0.2) is 24.3 Å². The van der Waals surface area contributed by atoms with Gasteiger partial charge in [-0.25, -0.2) is 4.39 Å². The fourth-order valence-corrected chi connectivity index (χ4v) is 2.22. The third kappa shape index (κ3) is 3.91. The van der Waals surface area contributed by atoms with Gasteiger partial charge in [0.15, 0.2) is 0 Å². The number of benzene rings is 1. The lowest BCUT2D eigenvalue weighted by atomic mass is 9.83. The van der Waals surface area contributed by atoms with Gasteiger partial charge in [-0.15, -0.1) is 0 Å². The van der Waals surface area contributed by atoms with Crippen LogP contribution in [-0.4, -0.2) is 24.8 Å². The molecule has 100 valence electrons. The number of halogens is 1. The molecule has 0 amide bonds. The maximum atomic E-state index is 13.1. The molecule has 2 nitrogen and oxygen atoms in total. The molecule has 0 heterocycles. The molecule has 1 aromatic carbocycles. The summed E-state index contributed by atoms with van der Waals surface area (Å²) in [5.74, 6) is -0.214. The van der Waals surface area contributed by atoms with Gasteiger partial charge in [-0.2, -0.15) is 0 Å². The third-order valence-corrected chi connectivity index (χ3v) is 3.58. The maximum absolute atomic E-state index is 13.1. The van der Waals surface area contributed by atoms with Crippen molar-refractivity contribution in [3.63, 3.8) is 0 Å². The summed E-state index contributed by atoms with van der Waals surface area (Å²) >= 11 is 0. The lowest BCUT2D eigenvalue weighted by molar-refractivity contribution is -0.117. The Bertz CT molecular complexity index is 388. The zero-order valence-electron chi connectivity index (χ0n) is 11.4. The molecule has 0 unspecified atom stereocenters. The van der Waals surface area contributed by atoms with E-state index in [-0.39, 0.29) is 11.2 Å². The summed E-state index contributed by atoms with van der Waals surface area (Å²) < 4.78 is 13.1. The average molecular weight is 251 g/mol. The van der Waals surface area contributed by atoms with E-state index in [9.17, 15) is 9.18 Å². The molecule has 0 bridgehead atoms. The highest BCUT2D eigenvalue weighted by molar-refractivity contribution is 5.59. The van der Waals surface area contributed by atoms with Crippen molar-refractivity contribution >= 4 is 6.29 Å². The van der Waals surface area contributed by atoms with Gasteiger partial charge >= 0.3 is 0 Å². The van der Waals surface area contributed by atoms with Crippen molar-refractivity contribution < 1.29 is 9.18 Å². The number of carbonyl (C=O) groups excluding carboxylic acids is 1. The number of rotatable bonds is 7. The first-order chi connectivity index (χ1) is 8.55. The monoisotopic (exact) mass is 251 g/mol. The molecule has 0 atom stereocenters. The smallest absolute Gasteiger partial charge is 0.127 e. The Kier molecular flexibility index (Phi) is 5.48. The van der Waals surface area contributed by atoms with E-state index in [4.69, 9.17) is 0 Å².